The normalized spacial score (nSPS) is 32.8. The first-order valence-corrected chi connectivity index (χ1v) is 7.07. The van der Waals surface area contributed by atoms with Gasteiger partial charge in [0.1, 0.15) is 0 Å². The number of nitrogens with one attached hydrogen (secondary N) is 1. The number of rotatable bonds is 2. The van der Waals surface area contributed by atoms with E-state index in [2.05, 4.69) is 31.1 Å². The lowest BCUT2D eigenvalue weighted by atomic mass is 9.97. The highest BCUT2D eigenvalue weighted by Gasteiger charge is 2.40. The van der Waals surface area contributed by atoms with E-state index in [1.165, 1.54) is 51.5 Å². The van der Waals surface area contributed by atoms with Crippen molar-refractivity contribution in [1.82, 2.24) is 10.2 Å². The maximum atomic E-state index is 3.46. The summed E-state index contributed by atoms with van der Waals surface area (Å²) in [5.41, 5.74) is 0.405. The van der Waals surface area contributed by atoms with Gasteiger partial charge in [0.05, 0.1) is 0 Å². The van der Waals surface area contributed by atoms with E-state index in [4.69, 9.17) is 0 Å². The van der Waals surface area contributed by atoms with Gasteiger partial charge in [0.25, 0.3) is 0 Å². The molecule has 0 aromatic heterocycles. The molecule has 16 heavy (non-hydrogen) atoms. The first-order valence-electron chi connectivity index (χ1n) is 7.07. The molecule has 0 aromatic rings. The van der Waals surface area contributed by atoms with Crippen LogP contribution in [0.5, 0.6) is 0 Å². The van der Waals surface area contributed by atoms with Crippen molar-refractivity contribution in [2.45, 2.75) is 76.4 Å². The van der Waals surface area contributed by atoms with Gasteiger partial charge < -0.3 is 5.32 Å². The molecule has 2 nitrogen and oxygen atoms in total. The van der Waals surface area contributed by atoms with Gasteiger partial charge >= 0.3 is 0 Å². The Hall–Kier alpha value is -0.0800. The lowest BCUT2D eigenvalue weighted by molar-refractivity contribution is 0.104. The molecular formula is C14H28N2. The van der Waals surface area contributed by atoms with Gasteiger partial charge in [0, 0.05) is 24.2 Å². The number of likely N-dealkylation sites (tertiary alicyclic amines) is 1. The highest BCUT2D eigenvalue weighted by Crippen LogP contribution is 2.34. The van der Waals surface area contributed by atoms with Crippen molar-refractivity contribution in [3.05, 3.63) is 0 Å². The fraction of sp³-hybridized carbons (Fsp3) is 1.00. The molecule has 0 spiro atoms. The summed E-state index contributed by atoms with van der Waals surface area (Å²) in [4.78, 5) is 2.79. The third kappa shape index (κ3) is 2.60. The lowest BCUT2D eigenvalue weighted by Gasteiger charge is -2.38. The minimum Gasteiger partial charge on any atom is -0.316 e. The van der Waals surface area contributed by atoms with Gasteiger partial charge in [-0.1, -0.05) is 25.7 Å². The highest BCUT2D eigenvalue weighted by atomic mass is 15.3. The molecule has 1 unspecified atom stereocenters. The Morgan fingerprint density at radius 1 is 1.06 bits per heavy atom. The van der Waals surface area contributed by atoms with Crippen LogP contribution in [-0.4, -0.2) is 36.1 Å². The third-order valence-corrected chi connectivity index (χ3v) is 4.61. The molecule has 94 valence electrons. The third-order valence-electron chi connectivity index (χ3n) is 4.61. The summed E-state index contributed by atoms with van der Waals surface area (Å²) in [7, 11) is 2.11. The van der Waals surface area contributed by atoms with Crippen molar-refractivity contribution < 1.29 is 0 Å². The van der Waals surface area contributed by atoms with Crippen LogP contribution in [0.25, 0.3) is 0 Å². The second kappa shape index (κ2) is 5.05. The van der Waals surface area contributed by atoms with Crippen LogP contribution in [0.1, 0.15) is 58.8 Å². The van der Waals surface area contributed by atoms with Gasteiger partial charge in [0.2, 0.25) is 0 Å². The standard InChI is InChI=1S/C14H28N2/c1-14(2)10-12(15-3)11-16(14)13-8-6-4-5-7-9-13/h12-13,15H,4-11H2,1-3H3. The molecule has 1 atom stereocenters. The predicted molar refractivity (Wildman–Crippen MR) is 69.7 cm³/mol. The number of nitrogens with zero attached hydrogens (tertiary/aromatic N) is 1. The highest BCUT2D eigenvalue weighted by molar-refractivity contribution is 4.98. The van der Waals surface area contributed by atoms with Crippen molar-refractivity contribution in [1.29, 1.82) is 0 Å². The average Bonchev–Trinajstić information content (AvgIpc) is 2.45. The second-order valence-electron chi connectivity index (χ2n) is 6.30. The molecule has 0 amide bonds. The Kier molecular flexibility index (Phi) is 3.91. The number of hydrogen-bond acceptors (Lipinski definition) is 2. The van der Waals surface area contributed by atoms with E-state index >= 15 is 0 Å². The molecule has 1 N–H and O–H groups in total. The Morgan fingerprint density at radius 2 is 1.69 bits per heavy atom. The molecule has 1 aliphatic heterocycles. The van der Waals surface area contributed by atoms with Crippen molar-refractivity contribution in [2.24, 2.45) is 0 Å². The first-order chi connectivity index (χ1) is 7.63. The van der Waals surface area contributed by atoms with Crippen LogP contribution in [-0.2, 0) is 0 Å². The lowest BCUT2D eigenvalue weighted by Crippen LogP contribution is -2.45. The summed E-state index contributed by atoms with van der Waals surface area (Å²) >= 11 is 0. The van der Waals surface area contributed by atoms with Gasteiger partial charge in [-0.05, 0) is 40.2 Å². The van der Waals surface area contributed by atoms with E-state index in [-0.39, 0.29) is 0 Å². The van der Waals surface area contributed by atoms with Gasteiger partial charge in [-0.15, -0.1) is 0 Å². The zero-order valence-corrected chi connectivity index (χ0v) is 11.3. The van der Waals surface area contributed by atoms with Crippen LogP contribution in [0.4, 0.5) is 0 Å². The molecule has 0 radical (unpaired) electrons. The zero-order valence-electron chi connectivity index (χ0n) is 11.3. The summed E-state index contributed by atoms with van der Waals surface area (Å²) in [6.07, 6.45) is 9.98. The fourth-order valence-electron chi connectivity index (χ4n) is 3.68. The molecule has 1 saturated carbocycles. The van der Waals surface area contributed by atoms with Crippen LogP contribution < -0.4 is 5.32 Å². The Bertz CT molecular complexity index is 217. The summed E-state index contributed by atoms with van der Waals surface area (Å²) in [5, 5.41) is 3.46. The minimum absolute atomic E-state index is 0.405. The summed E-state index contributed by atoms with van der Waals surface area (Å²) < 4.78 is 0. The maximum Gasteiger partial charge on any atom is 0.0209 e. The van der Waals surface area contributed by atoms with E-state index in [1.807, 2.05) is 0 Å². The van der Waals surface area contributed by atoms with Gasteiger partial charge in [-0.3, -0.25) is 4.90 Å². The van der Waals surface area contributed by atoms with E-state index in [9.17, 15) is 0 Å². The molecule has 2 fully saturated rings. The van der Waals surface area contributed by atoms with Crippen molar-refractivity contribution >= 4 is 0 Å². The van der Waals surface area contributed by atoms with Crippen molar-refractivity contribution in [3.8, 4) is 0 Å². The minimum atomic E-state index is 0.405. The number of hydrogen-bond donors (Lipinski definition) is 1. The summed E-state index contributed by atoms with van der Waals surface area (Å²) in [6.45, 7) is 6.11. The van der Waals surface area contributed by atoms with E-state index in [1.54, 1.807) is 0 Å². The molecular weight excluding hydrogens is 196 g/mol. The molecule has 0 aromatic carbocycles. The van der Waals surface area contributed by atoms with Crippen LogP contribution in [0, 0.1) is 0 Å². The summed E-state index contributed by atoms with van der Waals surface area (Å²) in [5.74, 6) is 0. The molecule has 1 saturated heterocycles. The molecule has 1 heterocycles. The Morgan fingerprint density at radius 3 is 2.19 bits per heavy atom. The quantitative estimate of drug-likeness (QED) is 0.726. The van der Waals surface area contributed by atoms with Crippen molar-refractivity contribution in [2.75, 3.05) is 13.6 Å². The predicted octanol–water partition coefficient (Wildman–Crippen LogP) is 2.78. The first kappa shape index (κ1) is 12.4. The van der Waals surface area contributed by atoms with Gasteiger partial charge in [-0.2, -0.15) is 0 Å². The van der Waals surface area contributed by atoms with Crippen molar-refractivity contribution in [3.63, 3.8) is 0 Å². The van der Waals surface area contributed by atoms with Crippen LogP contribution >= 0.6 is 0 Å². The SMILES string of the molecule is CNC1CN(C2CCCCCC2)C(C)(C)C1. The van der Waals surface area contributed by atoms with Crippen LogP contribution in [0.2, 0.25) is 0 Å². The van der Waals surface area contributed by atoms with Gasteiger partial charge in [0.15, 0.2) is 0 Å². The van der Waals surface area contributed by atoms with Gasteiger partial charge in [-0.25, -0.2) is 0 Å². The van der Waals surface area contributed by atoms with E-state index in [0.29, 0.717) is 11.6 Å². The summed E-state index contributed by atoms with van der Waals surface area (Å²) in [6, 6.07) is 1.56. The molecule has 2 aliphatic rings. The Labute approximate surface area is 101 Å². The van der Waals surface area contributed by atoms with Crippen LogP contribution in [0.15, 0.2) is 0 Å². The van der Waals surface area contributed by atoms with E-state index < -0.39 is 0 Å². The molecule has 1 aliphatic carbocycles. The van der Waals surface area contributed by atoms with E-state index in [0.717, 1.165) is 6.04 Å². The topological polar surface area (TPSA) is 15.3 Å². The zero-order chi connectivity index (χ0) is 11.6. The molecule has 0 bridgehead atoms. The maximum absolute atomic E-state index is 3.46. The monoisotopic (exact) mass is 224 g/mol. The van der Waals surface area contributed by atoms with Crippen LogP contribution in [0.3, 0.4) is 0 Å². The Balaban J connectivity index is 2.01. The average molecular weight is 224 g/mol. The smallest absolute Gasteiger partial charge is 0.0209 e. The molecule has 2 heteroatoms. The largest absolute Gasteiger partial charge is 0.316 e. The number of likely N-dealkylation sites (N-methyl/N-ethyl adjacent to an activating group) is 1. The fourth-order valence-corrected chi connectivity index (χ4v) is 3.68. The second-order valence-corrected chi connectivity index (χ2v) is 6.30. The molecule has 2 rings (SSSR count).